The molecule has 1 aromatic heterocycles. The van der Waals surface area contributed by atoms with Crippen LogP contribution in [-0.4, -0.2) is 44.7 Å². The number of aromatic amines is 1. The van der Waals surface area contributed by atoms with Gasteiger partial charge in [-0.1, -0.05) is 18.2 Å². The molecule has 1 unspecified atom stereocenters. The standard InChI is InChI=1S/C17H19N3O4/c21-14(22)9-8-11-5-3-4-10-20(11)17(24)15-12-6-1-2-7-13(12)16(23)19-18-15/h1-2,6-7,11H,3-5,8-10H2,(H,19,23)(H,21,22). The van der Waals surface area contributed by atoms with Crippen LogP contribution >= 0.6 is 0 Å². The van der Waals surface area contributed by atoms with Crippen molar-refractivity contribution in [1.29, 1.82) is 0 Å². The summed E-state index contributed by atoms with van der Waals surface area (Å²) in [5, 5.41) is 16.2. The molecular weight excluding hydrogens is 310 g/mol. The van der Waals surface area contributed by atoms with Crippen LogP contribution in [0.2, 0.25) is 0 Å². The Morgan fingerprint density at radius 1 is 1.25 bits per heavy atom. The van der Waals surface area contributed by atoms with Crippen molar-refractivity contribution in [3.8, 4) is 0 Å². The van der Waals surface area contributed by atoms with Gasteiger partial charge < -0.3 is 10.0 Å². The lowest BCUT2D eigenvalue weighted by Crippen LogP contribution is -2.44. The number of carboxylic acids is 1. The number of H-pyrrole nitrogens is 1. The first-order valence-corrected chi connectivity index (χ1v) is 8.08. The first-order valence-electron chi connectivity index (χ1n) is 8.08. The van der Waals surface area contributed by atoms with Crippen molar-refractivity contribution in [2.75, 3.05) is 6.54 Å². The number of hydrogen-bond acceptors (Lipinski definition) is 4. The van der Waals surface area contributed by atoms with Crippen LogP contribution in [0.3, 0.4) is 0 Å². The Morgan fingerprint density at radius 2 is 2.00 bits per heavy atom. The summed E-state index contributed by atoms with van der Waals surface area (Å²) < 4.78 is 0. The third-order valence-corrected chi connectivity index (χ3v) is 4.48. The molecule has 0 saturated carbocycles. The minimum atomic E-state index is -0.861. The molecule has 2 aromatic rings. The predicted octanol–water partition coefficient (Wildman–Crippen LogP) is 1.78. The van der Waals surface area contributed by atoms with Crippen LogP contribution in [0.4, 0.5) is 0 Å². The average molecular weight is 329 g/mol. The van der Waals surface area contributed by atoms with Crippen LogP contribution in [0.1, 0.15) is 42.6 Å². The summed E-state index contributed by atoms with van der Waals surface area (Å²) in [6.45, 7) is 0.582. The topological polar surface area (TPSA) is 103 Å². The minimum absolute atomic E-state index is 0.0360. The molecule has 7 nitrogen and oxygen atoms in total. The first kappa shape index (κ1) is 16.2. The Bertz CT molecular complexity index is 830. The fraction of sp³-hybridized carbons (Fsp3) is 0.412. The number of aliphatic carboxylic acids is 1. The van der Waals surface area contributed by atoms with E-state index in [2.05, 4.69) is 10.2 Å². The summed E-state index contributed by atoms with van der Waals surface area (Å²) in [6.07, 6.45) is 3.13. The highest BCUT2D eigenvalue weighted by Crippen LogP contribution is 2.24. The van der Waals surface area contributed by atoms with Crippen LogP contribution in [0.5, 0.6) is 0 Å². The van der Waals surface area contributed by atoms with Gasteiger partial charge in [-0.05, 0) is 31.7 Å². The smallest absolute Gasteiger partial charge is 0.303 e. The van der Waals surface area contributed by atoms with Gasteiger partial charge in [0.1, 0.15) is 0 Å². The fourth-order valence-electron chi connectivity index (χ4n) is 3.27. The second-order valence-corrected chi connectivity index (χ2v) is 6.03. The number of nitrogens with one attached hydrogen (secondary N) is 1. The number of piperidine rings is 1. The van der Waals surface area contributed by atoms with Gasteiger partial charge in [0, 0.05) is 24.4 Å². The number of amides is 1. The second kappa shape index (κ2) is 6.82. The summed E-state index contributed by atoms with van der Waals surface area (Å²) in [7, 11) is 0. The summed E-state index contributed by atoms with van der Waals surface area (Å²) in [4.78, 5) is 37.4. The molecule has 1 aliphatic heterocycles. The molecule has 2 N–H and O–H groups in total. The van der Waals surface area contributed by atoms with E-state index < -0.39 is 5.97 Å². The van der Waals surface area contributed by atoms with Gasteiger partial charge in [-0.2, -0.15) is 5.10 Å². The van der Waals surface area contributed by atoms with Crippen LogP contribution in [0.15, 0.2) is 29.1 Å². The number of rotatable bonds is 4. The van der Waals surface area contributed by atoms with Crippen molar-refractivity contribution in [3.63, 3.8) is 0 Å². The molecule has 126 valence electrons. The molecule has 1 aromatic carbocycles. The lowest BCUT2D eigenvalue weighted by atomic mass is 9.97. The molecule has 2 heterocycles. The molecule has 0 bridgehead atoms. The summed E-state index contributed by atoms with van der Waals surface area (Å²) in [6, 6.07) is 6.77. The van der Waals surface area contributed by atoms with Gasteiger partial charge in [0.25, 0.3) is 11.5 Å². The molecule has 1 aliphatic rings. The summed E-state index contributed by atoms with van der Waals surface area (Å²) in [5.41, 5.74) is -0.115. The zero-order valence-electron chi connectivity index (χ0n) is 13.2. The molecule has 1 atom stereocenters. The molecule has 0 aliphatic carbocycles. The van der Waals surface area contributed by atoms with E-state index in [1.807, 2.05) is 0 Å². The number of hydrogen-bond donors (Lipinski definition) is 2. The minimum Gasteiger partial charge on any atom is -0.481 e. The van der Waals surface area contributed by atoms with E-state index in [0.717, 1.165) is 19.3 Å². The molecule has 24 heavy (non-hydrogen) atoms. The van der Waals surface area contributed by atoms with Crippen LogP contribution in [0, 0.1) is 0 Å². The highest BCUT2D eigenvalue weighted by atomic mass is 16.4. The molecule has 1 fully saturated rings. The molecule has 1 amide bonds. The summed E-state index contributed by atoms with van der Waals surface area (Å²) in [5.74, 6) is -1.11. The largest absolute Gasteiger partial charge is 0.481 e. The number of carbonyl (C=O) groups excluding carboxylic acids is 1. The number of nitrogens with zero attached hydrogens (tertiary/aromatic N) is 2. The van der Waals surface area contributed by atoms with Crippen molar-refractivity contribution in [1.82, 2.24) is 15.1 Å². The van der Waals surface area contributed by atoms with Crippen molar-refractivity contribution in [3.05, 3.63) is 40.3 Å². The maximum absolute atomic E-state index is 13.0. The quantitative estimate of drug-likeness (QED) is 0.890. The fourth-order valence-corrected chi connectivity index (χ4v) is 3.27. The van der Waals surface area contributed by atoms with Crippen LogP contribution < -0.4 is 5.56 Å². The van der Waals surface area contributed by atoms with Gasteiger partial charge in [0.15, 0.2) is 5.69 Å². The van der Waals surface area contributed by atoms with E-state index in [4.69, 9.17) is 5.11 Å². The lowest BCUT2D eigenvalue weighted by Gasteiger charge is -2.35. The first-order chi connectivity index (χ1) is 11.6. The monoisotopic (exact) mass is 329 g/mol. The van der Waals surface area contributed by atoms with E-state index in [0.29, 0.717) is 23.7 Å². The number of carboxylic acid groups (broad SMARTS) is 1. The summed E-state index contributed by atoms with van der Waals surface area (Å²) >= 11 is 0. The average Bonchev–Trinajstić information content (AvgIpc) is 2.60. The molecule has 0 radical (unpaired) electrons. The maximum Gasteiger partial charge on any atom is 0.303 e. The normalized spacial score (nSPS) is 17.8. The molecular formula is C17H19N3O4. The van der Waals surface area contributed by atoms with E-state index >= 15 is 0 Å². The molecule has 3 rings (SSSR count). The van der Waals surface area contributed by atoms with Gasteiger partial charge in [0.05, 0.1) is 5.39 Å². The predicted molar refractivity (Wildman–Crippen MR) is 87.9 cm³/mol. The Labute approximate surface area is 138 Å². The van der Waals surface area contributed by atoms with Crippen LogP contribution in [0.25, 0.3) is 10.8 Å². The lowest BCUT2D eigenvalue weighted by molar-refractivity contribution is -0.137. The zero-order valence-corrected chi connectivity index (χ0v) is 13.2. The third-order valence-electron chi connectivity index (χ3n) is 4.48. The number of likely N-dealkylation sites (tertiary alicyclic amines) is 1. The highest BCUT2D eigenvalue weighted by Gasteiger charge is 2.29. The SMILES string of the molecule is O=C(O)CCC1CCCCN1C(=O)c1n[nH]c(=O)c2ccccc12. The van der Waals surface area contributed by atoms with Gasteiger partial charge in [0.2, 0.25) is 0 Å². The van der Waals surface area contributed by atoms with E-state index in [9.17, 15) is 14.4 Å². The van der Waals surface area contributed by atoms with E-state index in [-0.39, 0.29) is 29.6 Å². The van der Waals surface area contributed by atoms with E-state index in [1.54, 1.807) is 29.2 Å². The Balaban J connectivity index is 1.94. The Morgan fingerprint density at radius 3 is 2.75 bits per heavy atom. The highest BCUT2D eigenvalue weighted by molar-refractivity contribution is 6.04. The number of carbonyl (C=O) groups is 2. The van der Waals surface area contributed by atoms with Crippen molar-refractivity contribution in [2.24, 2.45) is 0 Å². The van der Waals surface area contributed by atoms with Crippen molar-refractivity contribution in [2.45, 2.75) is 38.1 Å². The maximum atomic E-state index is 13.0. The third kappa shape index (κ3) is 3.15. The number of aromatic nitrogens is 2. The van der Waals surface area contributed by atoms with E-state index in [1.165, 1.54) is 0 Å². The zero-order chi connectivity index (χ0) is 17.1. The number of fused-ring (bicyclic) bond motifs is 1. The van der Waals surface area contributed by atoms with Crippen molar-refractivity contribution < 1.29 is 14.7 Å². The van der Waals surface area contributed by atoms with Gasteiger partial charge in [-0.25, -0.2) is 5.10 Å². The van der Waals surface area contributed by atoms with Gasteiger partial charge in [-0.15, -0.1) is 0 Å². The second-order valence-electron chi connectivity index (χ2n) is 6.03. The Kier molecular flexibility index (Phi) is 4.59. The number of benzene rings is 1. The molecule has 0 spiro atoms. The molecule has 1 saturated heterocycles. The van der Waals surface area contributed by atoms with Crippen LogP contribution in [-0.2, 0) is 4.79 Å². The van der Waals surface area contributed by atoms with Crippen molar-refractivity contribution >= 4 is 22.6 Å². The van der Waals surface area contributed by atoms with Gasteiger partial charge >= 0.3 is 5.97 Å². The molecule has 7 heteroatoms. The Hall–Kier alpha value is -2.70. The van der Waals surface area contributed by atoms with Gasteiger partial charge in [-0.3, -0.25) is 14.4 Å².